The summed E-state index contributed by atoms with van der Waals surface area (Å²) in [5.41, 5.74) is -2.00. The van der Waals surface area contributed by atoms with Gasteiger partial charge in [-0.15, -0.1) is 0 Å². The fourth-order valence-electron chi connectivity index (χ4n) is 8.20. The van der Waals surface area contributed by atoms with Crippen molar-refractivity contribution in [1.82, 2.24) is 0 Å². The van der Waals surface area contributed by atoms with Gasteiger partial charge in [-0.3, -0.25) is 4.79 Å². The highest BCUT2D eigenvalue weighted by molar-refractivity contribution is 5.84. The van der Waals surface area contributed by atoms with Crippen molar-refractivity contribution in [2.24, 2.45) is 10.8 Å². The lowest BCUT2D eigenvalue weighted by atomic mass is 9.70. The Labute approximate surface area is 358 Å². The Bertz CT molecular complexity index is 1710. The fourth-order valence-corrected chi connectivity index (χ4v) is 8.20. The van der Waals surface area contributed by atoms with E-state index in [1.54, 1.807) is 45.9 Å². The van der Waals surface area contributed by atoms with E-state index in [1.165, 1.54) is 39.4 Å². The minimum absolute atomic E-state index is 0.0448. The second-order valence-electron chi connectivity index (χ2n) is 17.7. The zero-order valence-electron chi connectivity index (χ0n) is 36.6. The molecule has 0 saturated carbocycles. The molecule has 3 fully saturated rings. The fraction of sp³-hybridized carbons (Fsp3) is 0.689. The summed E-state index contributed by atoms with van der Waals surface area (Å²) in [6.45, 7) is 9.92. The van der Waals surface area contributed by atoms with E-state index in [4.69, 9.17) is 33.2 Å². The van der Waals surface area contributed by atoms with E-state index in [0.29, 0.717) is 5.57 Å². The van der Waals surface area contributed by atoms with Crippen molar-refractivity contribution < 1.29 is 77.9 Å². The first-order valence-electron chi connectivity index (χ1n) is 21.0. The summed E-state index contributed by atoms with van der Waals surface area (Å²) in [5, 5.41) is 58.3. The Morgan fingerprint density at radius 3 is 2.23 bits per heavy atom. The van der Waals surface area contributed by atoms with E-state index in [9.17, 15) is 44.7 Å². The van der Waals surface area contributed by atoms with Crippen LogP contribution in [0.15, 0.2) is 59.8 Å². The third-order valence-electron chi connectivity index (χ3n) is 12.1. The summed E-state index contributed by atoms with van der Waals surface area (Å²) >= 11 is 0. The van der Waals surface area contributed by atoms with Crippen LogP contribution in [0, 0.1) is 10.8 Å². The summed E-state index contributed by atoms with van der Waals surface area (Å²) in [6, 6.07) is 0. The molecule has 4 rings (SSSR count). The highest BCUT2D eigenvalue weighted by atomic mass is 16.7. The lowest BCUT2D eigenvalue weighted by Crippen LogP contribution is -2.62. The average Bonchev–Trinajstić information content (AvgIpc) is 3.16. The number of hydrogen-bond donors (Lipinski definition) is 5. The Hall–Kier alpha value is -3.74. The molecule has 0 aromatic rings. The summed E-state index contributed by atoms with van der Waals surface area (Å²) in [4.78, 5) is 52.0. The highest BCUT2D eigenvalue weighted by Gasteiger charge is 2.59. The molecule has 0 amide bonds. The zero-order valence-corrected chi connectivity index (χ0v) is 36.6. The van der Waals surface area contributed by atoms with Gasteiger partial charge in [-0.25, -0.2) is 14.4 Å². The molecule has 3 saturated heterocycles. The van der Waals surface area contributed by atoms with E-state index in [2.05, 4.69) is 0 Å². The molecule has 342 valence electrons. The minimum Gasteiger partial charge on any atom is -0.466 e. The predicted molar refractivity (Wildman–Crippen MR) is 219 cm³/mol. The zero-order chi connectivity index (χ0) is 45.3. The van der Waals surface area contributed by atoms with Crippen LogP contribution < -0.4 is 0 Å². The van der Waals surface area contributed by atoms with E-state index < -0.39 is 108 Å². The molecule has 0 aliphatic carbocycles. The first kappa shape index (κ1) is 49.9. The maximum Gasteiger partial charge on any atom is 0.331 e. The first-order chi connectivity index (χ1) is 28.6. The number of esters is 4. The predicted octanol–water partition coefficient (Wildman–Crippen LogP) is 3.71. The van der Waals surface area contributed by atoms with E-state index in [1.807, 2.05) is 13.0 Å². The molecular formula is C45H66O16. The summed E-state index contributed by atoms with van der Waals surface area (Å²) in [7, 11) is 2.41. The van der Waals surface area contributed by atoms with Crippen LogP contribution in [-0.2, 0) is 52.3 Å². The van der Waals surface area contributed by atoms with Gasteiger partial charge in [-0.2, -0.15) is 0 Å². The largest absolute Gasteiger partial charge is 0.466 e. The molecule has 16 heteroatoms. The van der Waals surface area contributed by atoms with Crippen LogP contribution in [0.1, 0.15) is 106 Å². The number of unbranched alkanes of at least 4 members (excludes halogenated alkanes) is 1. The van der Waals surface area contributed by atoms with Crippen LogP contribution in [0.25, 0.3) is 0 Å². The first-order valence-corrected chi connectivity index (χ1v) is 21.0. The molecule has 0 spiro atoms. The molecule has 11 atom stereocenters. The summed E-state index contributed by atoms with van der Waals surface area (Å²) in [5.74, 6) is -7.61. The van der Waals surface area contributed by atoms with Gasteiger partial charge in [-0.1, -0.05) is 77.0 Å². The SMILES string of the molecule is CCC/C=C/C=C/C(=O)OC1/C(=C/C(=O)OC)CC2C[C@H]([C@@H](C)O)OC(=O)C[C@H](O)C[C@@H]3C[C@H](O)C(C)(C)[C@](O)(C[C@@H]4C/C(=C\C(=O)OC)CC(/C=C/C(C)(C)C1(O)O2)O4)O3. The Morgan fingerprint density at radius 1 is 0.885 bits per heavy atom. The van der Waals surface area contributed by atoms with Crippen molar-refractivity contribution in [3.05, 3.63) is 59.8 Å². The molecule has 16 nitrogen and oxygen atoms in total. The highest BCUT2D eigenvalue weighted by Crippen LogP contribution is 2.49. The molecule has 4 aliphatic heterocycles. The van der Waals surface area contributed by atoms with Crippen molar-refractivity contribution in [3.8, 4) is 0 Å². The van der Waals surface area contributed by atoms with Gasteiger partial charge < -0.3 is 58.7 Å². The van der Waals surface area contributed by atoms with Crippen molar-refractivity contribution in [2.75, 3.05) is 14.2 Å². The van der Waals surface area contributed by atoms with Gasteiger partial charge in [-0.05, 0) is 38.2 Å². The van der Waals surface area contributed by atoms with Gasteiger partial charge >= 0.3 is 23.9 Å². The quantitative estimate of drug-likeness (QED) is 0.0770. The molecule has 5 N–H and O–H groups in total. The van der Waals surface area contributed by atoms with Crippen molar-refractivity contribution >= 4 is 23.9 Å². The van der Waals surface area contributed by atoms with Gasteiger partial charge in [0.25, 0.3) is 0 Å². The summed E-state index contributed by atoms with van der Waals surface area (Å²) in [6.07, 6.45) is 2.75. The Balaban J connectivity index is 1.87. The number of carbonyl (C=O) groups excluding carboxylic acids is 4. The molecular weight excluding hydrogens is 796 g/mol. The van der Waals surface area contributed by atoms with E-state index in [-0.39, 0.29) is 50.5 Å². The number of carbonyl (C=O) groups is 4. The van der Waals surface area contributed by atoms with Crippen LogP contribution >= 0.6 is 0 Å². The van der Waals surface area contributed by atoms with E-state index >= 15 is 0 Å². The van der Waals surface area contributed by atoms with Crippen LogP contribution in [-0.4, -0.2) is 130 Å². The second-order valence-corrected chi connectivity index (χ2v) is 17.7. The maximum atomic E-state index is 13.4. The number of fused-ring (bicyclic) bond motifs is 6. The van der Waals surface area contributed by atoms with Gasteiger partial charge in [0.1, 0.15) is 6.10 Å². The van der Waals surface area contributed by atoms with Crippen molar-refractivity contribution in [1.29, 1.82) is 0 Å². The monoisotopic (exact) mass is 862 g/mol. The molecule has 0 radical (unpaired) electrons. The summed E-state index contributed by atoms with van der Waals surface area (Å²) < 4.78 is 40.7. The number of cyclic esters (lactones) is 1. The van der Waals surface area contributed by atoms with Crippen molar-refractivity contribution in [2.45, 2.75) is 172 Å². The number of aliphatic hydroxyl groups excluding tert-OH is 3. The van der Waals surface area contributed by atoms with Crippen LogP contribution in [0.4, 0.5) is 0 Å². The molecule has 4 heterocycles. The van der Waals surface area contributed by atoms with Crippen LogP contribution in [0.3, 0.4) is 0 Å². The third kappa shape index (κ3) is 12.7. The number of allylic oxidation sites excluding steroid dienone is 3. The number of aliphatic hydroxyl groups is 5. The number of rotatable bonds is 8. The number of methoxy groups -OCH3 is 2. The van der Waals surface area contributed by atoms with E-state index in [0.717, 1.165) is 18.9 Å². The number of hydrogen-bond acceptors (Lipinski definition) is 16. The standard InChI is InChI=1S/C45H66O16/c1-9-10-11-12-13-14-37(49)59-41-29(21-39(51)56-8)20-32-24-35(27(2)46)58-40(52)23-30(47)22-33-25-36(48)43(5,6)44(53,60-33)26-34-18-28(19-38(50)55-7)17-31(57-34)15-16-42(3,4)45(41,54)61-32/h11-16,19,21,27,30-36,41,46-48,53-54H,9-10,17-18,20,22-26H2,1-8H3/b12-11+,14-13+,16-15+,28-19-,29-21+/t27-,30-,31?,32?,33-,34+,35-,36+,41?,44+,45?/m1/s1. The van der Waals surface area contributed by atoms with Crippen molar-refractivity contribution in [3.63, 3.8) is 0 Å². The number of ether oxygens (including phenoxy) is 7. The molecule has 6 bridgehead atoms. The molecule has 4 unspecified atom stereocenters. The second kappa shape index (κ2) is 21.1. The Kier molecular flexibility index (Phi) is 17.3. The molecule has 4 aliphatic rings. The normalized spacial score (nSPS) is 37.1. The van der Waals surface area contributed by atoms with Crippen LogP contribution in [0.2, 0.25) is 0 Å². The van der Waals surface area contributed by atoms with Gasteiger partial charge in [0.2, 0.25) is 5.79 Å². The minimum atomic E-state index is -2.45. The lowest BCUT2D eigenvalue weighted by Gasteiger charge is -2.53. The van der Waals surface area contributed by atoms with Gasteiger partial charge in [0, 0.05) is 54.7 Å². The smallest absolute Gasteiger partial charge is 0.331 e. The molecule has 0 aromatic carbocycles. The van der Waals surface area contributed by atoms with Crippen LogP contribution in [0.5, 0.6) is 0 Å². The average molecular weight is 863 g/mol. The molecule has 61 heavy (non-hydrogen) atoms. The van der Waals surface area contributed by atoms with Gasteiger partial charge in [0.15, 0.2) is 11.9 Å². The maximum absolute atomic E-state index is 13.4. The van der Waals surface area contributed by atoms with Gasteiger partial charge in [0.05, 0.1) is 63.4 Å². The Morgan fingerprint density at radius 2 is 1.57 bits per heavy atom. The molecule has 0 aromatic heterocycles. The lowest BCUT2D eigenvalue weighted by molar-refractivity contribution is -0.348. The third-order valence-corrected chi connectivity index (χ3v) is 12.1. The topological polar surface area (TPSA) is 234 Å².